The number of carboxylic acid groups (broad SMARTS) is 1. The predicted molar refractivity (Wildman–Crippen MR) is 126 cm³/mol. The van der Waals surface area contributed by atoms with Gasteiger partial charge in [0.05, 0.1) is 12.0 Å². The molecule has 0 atom stereocenters. The Bertz CT molecular complexity index is 962. The van der Waals surface area contributed by atoms with E-state index in [2.05, 4.69) is 28.0 Å². The molecule has 0 unspecified atom stereocenters. The molecule has 2 fully saturated rings. The molecule has 0 radical (unpaired) electrons. The monoisotopic (exact) mass is 436 g/mol. The molecule has 1 saturated carbocycles. The molecule has 32 heavy (non-hydrogen) atoms. The maximum atomic E-state index is 11.0. The minimum Gasteiger partial charge on any atom is -0.481 e. The molecule has 4 rings (SSSR count). The smallest absolute Gasteiger partial charge is 0.306 e. The topological polar surface area (TPSA) is 114 Å². The van der Waals surface area contributed by atoms with Crippen molar-refractivity contribution in [3.8, 4) is 11.1 Å². The number of carboxylic acids is 1. The van der Waals surface area contributed by atoms with Crippen LogP contribution in [0.5, 0.6) is 0 Å². The number of aliphatic carboxylic acids is 1. The first kappa shape index (κ1) is 22.3. The molecule has 7 nitrogen and oxygen atoms in total. The number of piperazine rings is 1. The van der Waals surface area contributed by atoms with E-state index in [4.69, 9.17) is 16.2 Å². The van der Waals surface area contributed by atoms with E-state index in [0.29, 0.717) is 18.9 Å². The highest BCUT2D eigenvalue weighted by atomic mass is 16.4. The van der Waals surface area contributed by atoms with Crippen molar-refractivity contribution in [3.63, 3.8) is 0 Å². The number of hydrogen-bond acceptors (Lipinski definition) is 5. The van der Waals surface area contributed by atoms with E-state index in [1.807, 2.05) is 30.3 Å². The average Bonchev–Trinajstić information content (AvgIpc) is 2.79. The third kappa shape index (κ3) is 4.95. The maximum absolute atomic E-state index is 11.0. The highest BCUT2D eigenvalue weighted by Crippen LogP contribution is 2.36. The van der Waals surface area contributed by atoms with E-state index in [-0.39, 0.29) is 12.3 Å². The summed E-state index contributed by atoms with van der Waals surface area (Å²) in [4.78, 5) is 15.9. The van der Waals surface area contributed by atoms with Gasteiger partial charge < -0.3 is 20.8 Å². The zero-order valence-corrected chi connectivity index (χ0v) is 18.3. The van der Waals surface area contributed by atoms with Gasteiger partial charge in [-0.05, 0) is 49.4 Å². The van der Waals surface area contributed by atoms with Gasteiger partial charge in [-0.3, -0.25) is 15.1 Å². The first-order chi connectivity index (χ1) is 15.3. The van der Waals surface area contributed by atoms with Crippen molar-refractivity contribution in [1.29, 1.82) is 5.41 Å². The van der Waals surface area contributed by atoms with Crippen molar-refractivity contribution in [2.24, 2.45) is 5.73 Å². The molecular weight excluding hydrogens is 404 g/mol. The van der Waals surface area contributed by atoms with E-state index >= 15 is 0 Å². The van der Waals surface area contributed by atoms with Crippen molar-refractivity contribution in [2.45, 2.75) is 43.7 Å². The SMILES string of the molecule is N=C(N)c1ccc(N2CCN([C@H]3CC[C@](O)(CC(=O)O)CC3)CC2)c(-c2ccccc2)c1. The lowest BCUT2D eigenvalue weighted by Crippen LogP contribution is -2.52. The van der Waals surface area contributed by atoms with Gasteiger partial charge in [0, 0.05) is 49.0 Å². The van der Waals surface area contributed by atoms with Crippen LogP contribution in [0, 0.1) is 5.41 Å². The van der Waals surface area contributed by atoms with E-state index in [9.17, 15) is 9.90 Å². The van der Waals surface area contributed by atoms with Crippen LogP contribution in [0.25, 0.3) is 11.1 Å². The van der Waals surface area contributed by atoms with E-state index in [1.165, 1.54) is 0 Å². The third-order valence-electron chi connectivity index (χ3n) is 6.93. The summed E-state index contributed by atoms with van der Waals surface area (Å²) in [6, 6.07) is 16.6. The zero-order valence-electron chi connectivity index (χ0n) is 18.3. The number of anilines is 1. The predicted octanol–water partition coefficient (Wildman–Crippen LogP) is 2.91. The summed E-state index contributed by atoms with van der Waals surface area (Å²) in [5.41, 5.74) is 8.77. The molecule has 5 N–H and O–H groups in total. The number of hydrogen-bond donors (Lipinski definition) is 4. The lowest BCUT2D eigenvalue weighted by atomic mass is 9.79. The molecule has 1 heterocycles. The summed E-state index contributed by atoms with van der Waals surface area (Å²) in [7, 11) is 0. The molecule has 7 heteroatoms. The number of carbonyl (C=O) groups is 1. The van der Waals surface area contributed by atoms with E-state index in [0.717, 1.165) is 61.4 Å². The Morgan fingerprint density at radius 1 is 1.06 bits per heavy atom. The highest BCUT2D eigenvalue weighted by molar-refractivity contribution is 5.97. The van der Waals surface area contributed by atoms with Crippen LogP contribution in [-0.2, 0) is 4.79 Å². The summed E-state index contributed by atoms with van der Waals surface area (Å²) in [6.45, 7) is 3.67. The van der Waals surface area contributed by atoms with Gasteiger partial charge >= 0.3 is 5.97 Å². The number of nitrogen functional groups attached to an aromatic ring is 1. The Morgan fingerprint density at radius 2 is 1.72 bits per heavy atom. The number of benzene rings is 2. The van der Waals surface area contributed by atoms with Crippen molar-refractivity contribution in [3.05, 3.63) is 54.1 Å². The fraction of sp³-hybridized carbons (Fsp3) is 0.440. The summed E-state index contributed by atoms with van der Waals surface area (Å²) in [6.07, 6.45) is 2.62. The Balaban J connectivity index is 1.44. The van der Waals surface area contributed by atoms with E-state index in [1.54, 1.807) is 0 Å². The molecule has 2 aromatic carbocycles. The van der Waals surface area contributed by atoms with Gasteiger partial charge in [0.1, 0.15) is 5.84 Å². The molecule has 1 aliphatic carbocycles. The molecule has 0 amide bonds. The lowest BCUT2D eigenvalue weighted by Gasteiger charge is -2.44. The number of rotatable bonds is 6. The lowest BCUT2D eigenvalue weighted by molar-refractivity contribution is -0.144. The van der Waals surface area contributed by atoms with Crippen LogP contribution in [0.1, 0.15) is 37.7 Å². The molecule has 2 aliphatic rings. The average molecular weight is 437 g/mol. The van der Waals surface area contributed by atoms with Gasteiger partial charge in [-0.2, -0.15) is 0 Å². The van der Waals surface area contributed by atoms with Crippen LogP contribution >= 0.6 is 0 Å². The quantitative estimate of drug-likeness (QED) is 0.409. The minimum atomic E-state index is -1.05. The largest absolute Gasteiger partial charge is 0.481 e. The van der Waals surface area contributed by atoms with Crippen LogP contribution in [-0.4, -0.2) is 64.7 Å². The fourth-order valence-corrected chi connectivity index (χ4v) is 5.12. The van der Waals surface area contributed by atoms with Crippen molar-refractivity contribution < 1.29 is 15.0 Å². The van der Waals surface area contributed by atoms with Gasteiger partial charge in [0.25, 0.3) is 0 Å². The van der Waals surface area contributed by atoms with Gasteiger partial charge in [-0.25, -0.2) is 0 Å². The van der Waals surface area contributed by atoms with Gasteiger partial charge in [-0.1, -0.05) is 30.3 Å². The van der Waals surface area contributed by atoms with Crippen molar-refractivity contribution in [1.82, 2.24) is 4.90 Å². The fourth-order valence-electron chi connectivity index (χ4n) is 5.12. The standard InChI is InChI=1S/C25H32N4O3/c26-24(27)19-6-7-22(21(16-19)18-4-2-1-3-5-18)29-14-12-28(13-15-29)20-8-10-25(32,11-9-20)17-23(30)31/h1-7,16,20,32H,8-15,17H2,(H3,26,27)(H,30,31)/t20-,25+. The molecule has 1 saturated heterocycles. The number of nitrogens with one attached hydrogen (secondary N) is 1. The summed E-state index contributed by atoms with van der Waals surface area (Å²) in [5, 5.41) is 27.4. The maximum Gasteiger partial charge on any atom is 0.306 e. The molecular formula is C25H32N4O3. The van der Waals surface area contributed by atoms with Gasteiger partial charge in [-0.15, -0.1) is 0 Å². The van der Waals surface area contributed by atoms with Gasteiger partial charge in [0.15, 0.2) is 0 Å². The number of amidine groups is 1. The van der Waals surface area contributed by atoms with Gasteiger partial charge in [0.2, 0.25) is 0 Å². The summed E-state index contributed by atoms with van der Waals surface area (Å²) >= 11 is 0. The van der Waals surface area contributed by atoms with Crippen LogP contribution in [0.4, 0.5) is 5.69 Å². The Hall–Kier alpha value is -2.90. The molecule has 2 aromatic rings. The second kappa shape index (κ2) is 9.30. The third-order valence-corrected chi connectivity index (χ3v) is 6.93. The molecule has 170 valence electrons. The van der Waals surface area contributed by atoms with Crippen molar-refractivity contribution >= 4 is 17.5 Å². The molecule has 1 aliphatic heterocycles. The van der Waals surface area contributed by atoms with Crippen LogP contribution in [0.15, 0.2) is 48.5 Å². The summed E-state index contributed by atoms with van der Waals surface area (Å²) in [5.74, 6) is -0.858. The Kier molecular flexibility index (Phi) is 6.48. The number of aliphatic hydroxyl groups is 1. The Labute approximate surface area is 189 Å². The second-order valence-corrected chi connectivity index (χ2v) is 9.06. The van der Waals surface area contributed by atoms with Crippen LogP contribution in [0.3, 0.4) is 0 Å². The number of nitrogens with zero attached hydrogens (tertiary/aromatic N) is 2. The summed E-state index contributed by atoms with van der Waals surface area (Å²) < 4.78 is 0. The van der Waals surface area contributed by atoms with Crippen LogP contribution in [0.2, 0.25) is 0 Å². The van der Waals surface area contributed by atoms with E-state index < -0.39 is 11.6 Å². The molecule has 0 spiro atoms. The van der Waals surface area contributed by atoms with Crippen LogP contribution < -0.4 is 10.6 Å². The zero-order chi connectivity index (χ0) is 22.7. The highest BCUT2D eigenvalue weighted by Gasteiger charge is 2.37. The minimum absolute atomic E-state index is 0.0682. The first-order valence-corrected chi connectivity index (χ1v) is 11.3. The first-order valence-electron chi connectivity index (χ1n) is 11.3. The molecule has 0 aromatic heterocycles. The number of nitrogens with two attached hydrogens (primary N) is 1. The normalized spacial score (nSPS) is 24.3. The Morgan fingerprint density at radius 3 is 2.31 bits per heavy atom. The molecule has 0 bridgehead atoms. The second-order valence-electron chi connectivity index (χ2n) is 9.06. The van der Waals surface area contributed by atoms with Crippen molar-refractivity contribution in [2.75, 3.05) is 31.1 Å².